The number of nitrogens with one attached hydrogen (secondary N) is 1. The van der Waals surface area contributed by atoms with Gasteiger partial charge >= 0.3 is 0 Å². The van der Waals surface area contributed by atoms with Crippen LogP contribution in [-0.2, 0) is 21.9 Å². The van der Waals surface area contributed by atoms with E-state index in [9.17, 15) is 18.3 Å². The maximum absolute atomic E-state index is 13.4. The van der Waals surface area contributed by atoms with E-state index in [-0.39, 0.29) is 17.3 Å². The van der Waals surface area contributed by atoms with Crippen LogP contribution in [0.5, 0.6) is 5.75 Å². The van der Waals surface area contributed by atoms with Gasteiger partial charge in [-0.3, -0.25) is 4.79 Å². The van der Waals surface area contributed by atoms with Gasteiger partial charge in [-0.25, -0.2) is 13.1 Å². The zero-order valence-electron chi connectivity index (χ0n) is 26.0. The average Bonchev–Trinajstić information content (AvgIpc) is 3.13. The molecule has 2 aromatic rings. The van der Waals surface area contributed by atoms with Crippen LogP contribution < -0.4 is 14.4 Å². The molecule has 0 aromatic heterocycles. The van der Waals surface area contributed by atoms with Crippen molar-refractivity contribution in [3.05, 3.63) is 70.3 Å². The van der Waals surface area contributed by atoms with Gasteiger partial charge < -0.3 is 14.7 Å². The molecule has 44 heavy (non-hydrogen) atoms. The third-order valence-corrected chi connectivity index (χ3v) is 13.1. The van der Waals surface area contributed by atoms with Crippen molar-refractivity contribution in [3.63, 3.8) is 0 Å². The monoisotopic (exact) mass is 640 g/mol. The van der Waals surface area contributed by atoms with E-state index in [4.69, 9.17) is 16.3 Å². The van der Waals surface area contributed by atoms with Gasteiger partial charge in [0.15, 0.2) is 0 Å². The highest BCUT2D eigenvalue weighted by molar-refractivity contribution is 7.90. The van der Waals surface area contributed by atoms with Crippen LogP contribution in [0.3, 0.4) is 0 Å². The van der Waals surface area contributed by atoms with Gasteiger partial charge in [0.05, 0.1) is 23.6 Å². The van der Waals surface area contributed by atoms with E-state index in [0.29, 0.717) is 49.1 Å². The molecule has 9 heteroatoms. The highest BCUT2D eigenvalue weighted by Crippen LogP contribution is 2.48. The highest BCUT2D eigenvalue weighted by atomic mass is 35.5. The van der Waals surface area contributed by atoms with E-state index in [1.165, 1.54) is 11.1 Å². The number of amides is 1. The lowest BCUT2D eigenvalue weighted by molar-refractivity contribution is 0.0313. The number of halogens is 1. The number of hydrogen-bond donors (Lipinski definition) is 2. The minimum absolute atomic E-state index is 0.00557. The predicted molar refractivity (Wildman–Crippen MR) is 175 cm³/mol. The molecule has 2 heterocycles. The van der Waals surface area contributed by atoms with Gasteiger partial charge in [-0.2, -0.15) is 0 Å². The van der Waals surface area contributed by atoms with Crippen molar-refractivity contribution in [2.24, 2.45) is 23.7 Å². The molecule has 0 saturated heterocycles. The topological polar surface area (TPSA) is 95.9 Å². The first-order valence-corrected chi connectivity index (χ1v) is 18.1. The number of fused-ring (bicyclic) bond motifs is 4. The van der Waals surface area contributed by atoms with Crippen molar-refractivity contribution in [1.82, 2.24) is 4.72 Å². The second kappa shape index (κ2) is 12.3. The molecule has 1 spiro atoms. The smallest absolute Gasteiger partial charge is 0.264 e. The van der Waals surface area contributed by atoms with Crippen molar-refractivity contribution in [3.8, 4) is 5.75 Å². The maximum atomic E-state index is 13.4. The number of carbonyl (C=O) groups is 1. The Kier molecular flexibility index (Phi) is 8.81. The lowest BCUT2D eigenvalue weighted by atomic mass is 9.64. The third-order valence-electron chi connectivity index (χ3n) is 11.0. The molecule has 1 fully saturated rings. The minimum Gasteiger partial charge on any atom is -0.490 e. The van der Waals surface area contributed by atoms with Crippen LogP contribution in [0.25, 0.3) is 0 Å². The van der Waals surface area contributed by atoms with Crippen LogP contribution in [0.15, 0.2) is 48.6 Å². The largest absolute Gasteiger partial charge is 0.490 e. The molecule has 7 nitrogen and oxygen atoms in total. The van der Waals surface area contributed by atoms with E-state index in [1.807, 2.05) is 32.1 Å². The zero-order chi connectivity index (χ0) is 31.2. The Morgan fingerprint density at radius 2 is 2.00 bits per heavy atom. The molecular weight excluding hydrogens is 596 g/mol. The van der Waals surface area contributed by atoms with E-state index in [0.717, 1.165) is 49.4 Å². The summed E-state index contributed by atoms with van der Waals surface area (Å²) in [6.45, 7) is 7.55. The van der Waals surface area contributed by atoms with E-state index in [2.05, 4.69) is 27.8 Å². The molecule has 2 aromatic carbocycles. The normalized spacial score (nSPS) is 33.1. The van der Waals surface area contributed by atoms with Gasteiger partial charge in [0.25, 0.3) is 5.91 Å². The molecule has 2 aliphatic heterocycles. The molecule has 2 N–H and O–H groups in total. The van der Waals surface area contributed by atoms with Gasteiger partial charge in [-0.15, -0.1) is 0 Å². The Morgan fingerprint density at radius 1 is 1.18 bits per heavy atom. The Hall–Kier alpha value is -2.55. The molecule has 1 saturated carbocycles. The number of allylic oxidation sites excluding steroid dienone is 1. The van der Waals surface area contributed by atoms with Crippen LogP contribution in [0.1, 0.15) is 80.8 Å². The fourth-order valence-electron chi connectivity index (χ4n) is 7.92. The van der Waals surface area contributed by atoms with E-state index >= 15 is 0 Å². The number of hydrogen-bond acceptors (Lipinski definition) is 6. The summed E-state index contributed by atoms with van der Waals surface area (Å²) in [7, 11) is -3.92. The molecule has 7 atom stereocenters. The van der Waals surface area contributed by atoms with Crippen molar-refractivity contribution >= 4 is 33.2 Å². The number of ether oxygens (including phenoxy) is 1. The predicted octanol–water partition coefficient (Wildman–Crippen LogP) is 6.27. The average molecular weight is 641 g/mol. The lowest BCUT2D eigenvalue weighted by Crippen LogP contribution is -2.49. The fourth-order valence-corrected chi connectivity index (χ4v) is 9.40. The zero-order valence-corrected chi connectivity index (χ0v) is 27.5. The Labute approximate surface area is 267 Å². The molecule has 2 aliphatic carbocycles. The summed E-state index contributed by atoms with van der Waals surface area (Å²) in [4.78, 5) is 15.8. The number of aliphatic hydroxyl groups is 1. The Balaban J connectivity index is 1.44. The number of benzene rings is 2. The summed E-state index contributed by atoms with van der Waals surface area (Å²) >= 11 is 6.42. The second-order valence-electron chi connectivity index (χ2n) is 13.7. The van der Waals surface area contributed by atoms with Crippen molar-refractivity contribution in [2.75, 3.05) is 24.6 Å². The van der Waals surface area contributed by atoms with Crippen molar-refractivity contribution in [2.45, 2.75) is 82.5 Å². The molecule has 1 amide bonds. The van der Waals surface area contributed by atoms with Gasteiger partial charge in [-0.1, -0.05) is 43.7 Å². The van der Waals surface area contributed by atoms with E-state index < -0.39 is 27.3 Å². The number of nitrogens with zero attached hydrogens (tertiary/aromatic N) is 1. The molecule has 4 aliphatic rings. The number of aryl methyl sites for hydroxylation is 1. The van der Waals surface area contributed by atoms with Gasteiger partial charge in [0.1, 0.15) is 5.75 Å². The molecule has 238 valence electrons. The Morgan fingerprint density at radius 3 is 2.75 bits per heavy atom. The summed E-state index contributed by atoms with van der Waals surface area (Å²) in [5, 5.41) is 11.1. The molecule has 0 unspecified atom stereocenters. The molecular formula is C35H45ClN2O5S. The summed E-state index contributed by atoms with van der Waals surface area (Å²) < 4.78 is 35.5. The van der Waals surface area contributed by atoms with Crippen molar-refractivity contribution < 1.29 is 23.1 Å². The number of sulfonamides is 1. The van der Waals surface area contributed by atoms with Crippen LogP contribution in [0.2, 0.25) is 5.02 Å². The molecule has 0 radical (unpaired) electrons. The number of aliphatic hydroxyl groups excluding tert-OH is 1. The maximum Gasteiger partial charge on any atom is 0.264 e. The van der Waals surface area contributed by atoms with Gasteiger partial charge in [0, 0.05) is 35.0 Å². The van der Waals surface area contributed by atoms with Crippen LogP contribution >= 0.6 is 11.6 Å². The summed E-state index contributed by atoms with van der Waals surface area (Å²) in [6.07, 6.45) is 10.0. The van der Waals surface area contributed by atoms with Crippen LogP contribution in [0.4, 0.5) is 5.69 Å². The summed E-state index contributed by atoms with van der Waals surface area (Å²) in [5.41, 5.74) is 3.39. The molecule has 2 bridgehead atoms. The second-order valence-corrected chi connectivity index (χ2v) is 16.1. The standard InChI is InChI=1S/C35H45ClN2O5S/c1-4-32(39)29-9-5-7-22(2)23(3)44(41,42)37-34(40)25-11-15-33-31(18-25)38(19-26-10-13-28(26)29)20-35(21-43-33)16-6-8-24-17-27(36)12-14-30(24)35/h5,9,11-12,14-15,17-18,22-23,26,28-29,32,39H,4,6-8,10,13,16,19-21H2,1-3H3,(H,37,40)/b9-5+/t22-,23+,26-,28+,29+,32+,35-/m0/s1. The first-order valence-electron chi connectivity index (χ1n) is 16.2. The first-order chi connectivity index (χ1) is 21.0. The number of carbonyl (C=O) groups excluding carboxylic acids is 1. The number of rotatable bonds is 2. The van der Waals surface area contributed by atoms with Crippen LogP contribution in [0, 0.1) is 23.7 Å². The number of anilines is 1. The van der Waals surface area contributed by atoms with Crippen LogP contribution in [-0.4, -0.2) is 50.5 Å². The minimum atomic E-state index is -3.92. The fraction of sp³-hybridized carbons (Fsp3) is 0.571. The van der Waals surface area contributed by atoms with Gasteiger partial charge in [0.2, 0.25) is 10.0 Å². The third kappa shape index (κ3) is 5.90. The first kappa shape index (κ1) is 31.4. The van der Waals surface area contributed by atoms with E-state index in [1.54, 1.807) is 19.1 Å². The summed E-state index contributed by atoms with van der Waals surface area (Å²) in [5.74, 6) is 0.555. The highest BCUT2D eigenvalue weighted by Gasteiger charge is 2.45. The quantitative estimate of drug-likeness (QED) is 0.376. The SMILES string of the molecule is CC[C@@H](O)[C@@H]1/C=C/C[C@H](C)[C@@H](C)S(=O)(=O)NC(=O)c2ccc3c(c2)N(C[C@@H]2CC[C@H]21)C[C@@]1(CCCc2cc(Cl)ccc21)CO3. The van der Waals surface area contributed by atoms with Gasteiger partial charge in [-0.05, 0) is 111 Å². The Bertz CT molecular complexity index is 1540. The summed E-state index contributed by atoms with van der Waals surface area (Å²) in [6, 6.07) is 11.5. The molecule has 6 rings (SSSR count). The van der Waals surface area contributed by atoms with Crippen molar-refractivity contribution in [1.29, 1.82) is 0 Å². The lowest BCUT2D eigenvalue weighted by Gasteiger charge is -2.47.